The molecule has 2 aromatic heterocycles. The van der Waals surface area contributed by atoms with E-state index in [0.717, 1.165) is 81.2 Å². The van der Waals surface area contributed by atoms with Gasteiger partial charge in [0.25, 0.3) is 5.91 Å². The molecule has 0 saturated carbocycles. The average molecular weight is 657 g/mol. The SMILES string of the molecule is CCOCCn1c(N2CCCN(CCC3(c4ccccn4)CCN(C(=O)c4ccc(OC)c(OC)c4OC)C3)CC2)nc2ccccc21. The minimum Gasteiger partial charge on any atom is -0.493 e. The molecule has 2 saturated heterocycles. The van der Waals surface area contributed by atoms with Crippen LogP contribution in [0.3, 0.4) is 0 Å². The van der Waals surface area contributed by atoms with Crippen molar-refractivity contribution in [2.24, 2.45) is 0 Å². The lowest BCUT2D eigenvalue weighted by Crippen LogP contribution is -2.39. The number of aromatic nitrogens is 3. The summed E-state index contributed by atoms with van der Waals surface area (Å²) in [6, 6.07) is 18.0. The third-order valence-electron chi connectivity index (χ3n) is 9.86. The largest absolute Gasteiger partial charge is 0.493 e. The number of methoxy groups -OCH3 is 3. The van der Waals surface area contributed by atoms with E-state index in [0.29, 0.717) is 49.1 Å². The van der Waals surface area contributed by atoms with Gasteiger partial charge in [0.2, 0.25) is 11.7 Å². The van der Waals surface area contributed by atoms with E-state index in [4.69, 9.17) is 28.9 Å². The molecule has 1 unspecified atom stereocenters. The van der Waals surface area contributed by atoms with Crippen LogP contribution < -0.4 is 19.1 Å². The van der Waals surface area contributed by atoms with Crippen LogP contribution in [0.1, 0.15) is 42.2 Å². The molecule has 11 heteroatoms. The second kappa shape index (κ2) is 15.3. The fourth-order valence-electron chi connectivity index (χ4n) is 7.29. The summed E-state index contributed by atoms with van der Waals surface area (Å²) in [7, 11) is 4.68. The summed E-state index contributed by atoms with van der Waals surface area (Å²) in [4.78, 5) is 30.9. The summed E-state index contributed by atoms with van der Waals surface area (Å²) in [5.74, 6) is 2.27. The molecule has 1 amide bonds. The van der Waals surface area contributed by atoms with Crippen LogP contribution in [0, 0.1) is 0 Å². The van der Waals surface area contributed by atoms with Gasteiger partial charge in [-0.3, -0.25) is 9.78 Å². The maximum Gasteiger partial charge on any atom is 0.257 e. The van der Waals surface area contributed by atoms with E-state index in [1.54, 1.807) is 33.5 Å². The van der Waals surface area contributed by atoms with Gasteiger partial charge in [-0.05, 0) is 75.7 Å². The molecule has 6 rings (SSSR count). The fourth-order valence-corrected chi connectivity index (χ4v) is 7.29. The standard InChI is InChI=1S/C37H48N6O5/c1-5-48-26-25-43-30-12-7-6-11-29(30)39-36(43)41-20-10-19-40(23-24-41)21-16-37(32-13-8-9-18-38-32)17-22-42(27-37)35(44)28-14-15-31(45-2)34(47-4)33(28)46-3/h6-9,11-15,18H,5,10,16-17,19-27H2,1-4H3. The third-order valence-corrected chi connectivity index (χ3v) is 9.86. The lowest BCUT2D eigenvalue weighted by Gasteiger charge is -2.32. The predicted molar refractivity (Wildman–Crippen MR) is 187 cm³/mol. The van der Waals surface area contributed by atoms with Crippen LogP contribution in [0.2, 0.25) is 0 Å². The molecule has 0 spiro atoms. The first-order valence-corrected chi connectivity index (χ1v) is 17.0. The Kier molecular flexibility index (Phi) is 10.7. The van der Waals surface area contributed by atoms with Gasteiger partial charge in [0.15, 0.2) is 11.5 Å². The zero-order chi connectivity index (χ0) is 33.5. The van der Waals surface area contributed by atoms with Gasteiger partial charge in [0.1, 0.15) is 0 Å². The zero-order valence-electron chi connectivity index (χ0n) is 28.7. The number of nitrogens with zero attached hydrogens (tertiary/aromatic N) is 6. The molecule has 2 aromatic carbocycles. The summed E-state index contributed by atoms with van der Waals surface area (Å²) < 4.78 is 24.7. The van der Waals surface area contributed by atoms with Crippen LogP contribution in [0.4, 0.5) is 5.95 Å². The maximum atomic E-state index is 14.0. The van der Waals surface area contributed by atoms with Gasteiger partial charge in [-0.15, -0.1) is 0 Å². The summed E-state index contributed by atoms with van der Waals surface area (Å²) in [5.41, 5.74) is 3.43. The highest BCUT2D eigenvalue weighted by Gasteiger charge is 2.43. The zero-order valence-corrected chi connectivity index (χ0v) is 28.7. The minimum atomic E-state index is -0.250. The smallest absolute Gasteiger partial charge is 0.257 e. The van der Waals surface area contributed by atoms with Gasteiger partial charge in [-0.1, -0.05) is 18.2 Å². The molecule has 2 aliphatic heterocycles. The normalized spacial score (nSPS) is 18.7. The molecule has 4 heterocycles. The molecule has 4 aromatic rings. The Bertz CT molecular complexity index is 1680. The predicted octanol–water partition coefficient (Wildman–Crippen LogP) is 4.88. The van der Waals surface area contributed by atoms with E-state index in [1.807, 2.05) is 30.2 Å². The Hall–Kier alpha value is -4.35. The number of hydrogen-bond donors (Lipinski definition) is 0. The molecule has 2 fully saturated rings. The second-order valence-corrected chi connectivity index (χ2v) is 12.5. The minimum absolute atomic E-state index is 0.0803. The van der Waals surface area contributed by atoms with E-state index < -0.39 is 0 Å². The van der Waals surface area contributed by atoms with Crippen molar-refractivity contribution in [1.29, 1.82) is 0 Å². The van der Waals surface area contributed by atoms with Crippen molar-refractivity contribution in [2.45, 2.75) is 38.1 Å². The van der Waals surface area contributed by atoms with Crippen LogP contribution in [-0.4, -0.2) is 111 Å². The highest BCUT2D eigenvalue weighted by Crippen LogP contribution is 2.42. The Labute approximate surface area is 283 Å². The van der Waals surface area contributed by atoms with Crippen molar-refractivity contribution in [2.75, 3.05) is 85.3 Å². The number of carbonyl (C=O) groups is 1. The third kappa shape index (κ3) is 6.79. The molecule has 0 radical (unpaired) electrons. The molecule has 2 aliphatic rings. The lowest BCUT2D eigenvalue weighted by molar-refractivity contribution is 0.0776. The number of para-hydroxylation sites is 2. The van der Waals surface area contributed by atoms with Gasteiger partial charge in [0, 0.05) is 63.2 Å². The molecular formula is C37H48N6O5. The first kappa shape index (κ1) is 33.5. The second-order valence-electron chi connectivity index (χ2n) is 12.5. The first-order valence-electron chi connectivity index (χ1n) is 17.0. The topological polar surface area (TPSA) is 94.4 Å². The number of amides is 1. The van der Waals surface area contributed by atoms with Crippen LogP contribution in [0.15, 0.2) is 60.8 Å². The number of rotatable bonds is 13. The highest BCUT2D eigenvalue weighted by atomic mass is 16.5. The maximum absolute atomic E-state index is 14.0. The van der Waals surface area contributed by atoms with E-state index in [9.17, 15) is 4.79 Å². The van der Waals surface area contributed by atoms with E-state index >= 15 is 0 Å². The molecule has 0 aliphatic carbocycles. The molecule has 1 atom stereocenters. The summed E-state index contributed by atoms with van der Waals surface area (Å²) in [6.07, 6.45) is 4.66. The molecule has 0 bridgehead atoms. The number of pyridine rings is 1. The first-order chi connectivity index (χ1) is 23.5. The number of anilines is 1. The Morgan fingerprint density at radius 2 is 1.71 bits per heavy atom. The van der Waals surface area contributed by atoms with Crippen molar-refractivity contribution in [3.63, 3.8) is 0 Å². The number of imidazole rings is 1. The lowest BCUT2D eigenvalue weighted by atomic mass is 9.79. The van der Waals surface area contributed by atoms with Crippen LogP contribution in [0.5, 0.6) is 17.2 Å². The average Bonchev–Trinajstić information content (AvgIpc) is 3.65. The van der Waals surface area contributed by atoms with E-state index in [1.165, 1.54) is 0 Å². The Morgan fingerprint density at radius 1 is 0.875 bits per heavy atom. The quantitative estimate of drug-likeness (QED) is 0.187. The van der Waals surface area contributed by atoms with Gasteiger partial charge in [-0.25, -0.2) is 4.98 Å². The summed E-state index contributed by atoms with van der Waals surface area (Å²) in [5, 5.41) is 0. The molecule has 0 N–H and O–H groups in total. The van der Waals surface area contributed by atoms with Gasteiger partial charge >= 0.3 is 0 Å². The number of benzene rings is 2. The van der Waals surface area contributed by atoms with Gasteiger partial charge < -0.3 is 38.2 Å². The molecular weight excluding hydrogens is 608 g/mol. The van der Waals surface area contributed by atoms with Gasteiger partial charge in [-0.2, -0.15) is 0 Å². The van der Waals surface area contributed by atoms with Gasteiger partial charge in [0.05, 0.1) is 44.5 Å². The number of fused-ring (bicyclic) bond motifs is 1. The molecule has 48 heavy (non-hydrogen) atoms. The number of ether oxygens (including phenoxy) is 4. The highest BCUT2D eigenvalue weighted by molar-refractivity contribution is 5.98. The Balaban J connectivity index is 1.17. The fraction of sp³-hybridized carbons (Fsp3) is 0.486. The van der Waals surface area contributed by atoms with E-state index in [-0.39, 0.29) is 11.3 Å². The van der Waals surface area contributed by atoms with Crippen LogP contribution in [-0.2, 0) is 16.7 Å². The number of likely N-dealkylation sites (tertiary alicyclic amines) is 1. The molecule has 11 nitrogen and oxygen atoms in total. The van der Waals surface area contributed by atoms with Crippen molar-refractivity contribution >= 4 is 22.9 Å². The molecule has 256 valence electrons. The van der Waals surface area contributed by atoms with Crippen molar-refractivity contribution in [1.82, 2.24) is 24.3 Å². The number of hydrogen-bond acceptors (Lipinski definition) is 9. The Morgan fingerprint density at radius 3 is 2.48 bits per heavy atom. The number of carbonyl (C=O) groups excluding carboxylic acids is 1. The van der Waals surface area contributed by atoms with Crippen molar-refractivity contribution < 1.29 is 23.7 Å². The van der Waals surface area contributed by atoms with E-state index in [2.05, 4.69) is 44.7 Å². The van der Waals surface area contributed by atoms with Crippen molar-refractivity contribution in [3.05, 3.63) is 72.1 Å². The van der Waals surface area contributed by atoms with Crippen LogP contribution >= 0.6 is 0 Å². The summed E-state index contributed by atoms with van der Waals surface area (Å²) >= 11 is 0. The van der Waals surface area contributed by atoms with Crippen LogP contribution in [0.25, 0.3) is 11.0 Å². The summed E-state index contributed by atoms with van der Waals surface area (Å²) in [6.45, 7) is 10.1. The van der Waals surface area contributed by atoms with Crippen molar-refractivity contribution in [3.8, 4) is 17.2 Å². The monoisotopic (exact) mass is 656 g/mol.